The minimum Gasteiger partial charge on any atom is -0.464 e. The highest BCUT2D eigenvalue weighted by Crippen LogP contribution is 2.21. The van der Waals surface area contributed by atoms with Crippen LogP contribution >= 0.6 is 11.6 Å². The molecule has 0 saturated heterocycles. The normalized spacial score (nSPS) is 10.8. The molecule has 0 spiro atoms. The van der Waals surface area contributed by atoms with Gasteiger partial charge in [0.1, 0.15) is 5.58 Å². The average molecular weight is 266 g/mol. The lowest BCUT2D eigenvalue weighted by Gasteiger charge is -2.15. The van der Waals surface area contributed by atoms with Crippen molar-refractivity contribution in [1.29, 1.82) is 0 Å². The van der Waals surface area contributed by atoms with Gasteiger partial charge in [-0.05, 0) is 18.1 Å². The van der Waals surface area contributed by atoms with Gasteiger partial charge in [0.15, 0.2) is 0 Å². The van der Waals surface area contributed by atoms with E-state index in [2.05, 4.69) is 0 Å². The van der Waals surface area contributed by atoms with E-state index in [1.807, 2.05) is 24.3 Å². The van der Waals surface area contributed by atoms with E-state index in [9.17, 15) is 4.79 Å². The number of carbonyl (C=O) groups is 1. The van der Waals surface area contributed by atoms with Crippen molar-refractivity contribution in [3.05, 3.63) is 36.1 Å². The van der Waals surface area contributed by atoms with Gasteiger partial charge < -0.3 is 9.32 Å². The minimum absolute atomic E-state index is 0.0813. The first-order chi connectivity index (χ1) is 8.72. The zero-order valence-electron chi connectivity index (χ0n) is 10.4. The molecule has 1 aromatic carbocycles. The lowest BCUT2D eigenvalue weighted by molar-refractivity contribution is -0.129. The number of halogens is 1. The van der Waals surface area contributed by atoms with E-state index in [0.29, 0.717) is 18.8 Å². The van der Waals surface area contributed by atoms with Crippen LogP contribution in [0.4, 0.5) is 0 Å². The predicted octanol–water partition coefficient (Wildman–Crippen LogP) is 3.06. The Labute approximate surface area is 111 Å². The molecule has 0 aliphatic carbocycles. The number of likely N-dealkylation sites (N-methyl/N-ethyl adjacent to an activating group) is 1. The second kappa shape index (κ2) is 5.91. The largest absolute Gasteiger partial charge is 0.464 e. The van der Waals surface area contributed by atoms with Crippen LogP contribution in [0.1, 0.15) is 12.0 Å². The summed E-state index contributed by atoms with van der Waals surface area (Å²) in [5.74, 6) is 0.454. The molecule has 0 aliphatic rings. The number of para-hydroxylation sites is 1. The van der Waals surface area contributed by atoms with Crippen molar-refractivity contribution in [3.8, 4) is 0 Å². The lowest BCUT2D eigenvalue weighted by atomic mass is 10.1. The van der Waals surface area contributed by atoms with Crippen molar-refractivity contribution in [2.24, 2.45) is 0 Å². The van der Waals surface area contributed by atoms with Gasteiger partial charge in [0.25, 0.3) is 0 Å². The molecular formula is C14H16ClNO2. The minimum atomic E-state index is 0.0813. The molecule has 0 N–H and O–H groups in total. The fraction of sp³-hybridized carbons (Fsp3) is 0.357. The fourth-order valence-corrected chi connectivity index (χ4v) is 2.07. The van der Waals surface area contributed by atoms with Gasteiger partial charge in [0.05, 0.1) is 6.26 Å². The number of alkyl halides is 1. The maximum Gasteiger partial charge on any atom is 0.223 e. The van der Waals surface area contributed by atoms with Gasteiger partial charge >= 0.3 is 0 Å². The fourth-order valence-electron chi connectivity index (χ4n) is 1.91. The van der Waals surface area contributed by atoms with Gasteiger partial charge in [0, 0.05) is 31.3 Å². The molecular weight excluding hydrogens is 250 g/mol. The molecule has 0 aliphatic heterocycles. The zero-order chi connectivity index (χ0) is 13.0. The molecule has 2 rings (SSSR count). The Balaban J connectivity index is 2.00. The average Bonchev–Trinajstić information content (AvgIpc) is 2.79. The Morgan fingerprint density at radius 3 is 2.94 bits per heavy atom. The summed E-state index contributed by atoms with van der Waals surface area (Å²) >= 11 is 5.56. The van der Waals surface area contributed by atoms with E-state index in [1.165, 1.54) is 0 Å². The van der Waals surface area contributed by atoms with Gasteiger partial charge in [0.2, 0.25) is 5.91 Å². The van der Waals surface area contributed by atoms with Gasteiger partial charge in [-0.3, -0.25) is 4.79 Å². The Morgan fingerprint density at radius 1 is 1.39 bits per heavy atom. The molecule has 3 nitrogen and oxygen atoms in total. The molecule has 0 fully saturated rings. The molecule has 2 aromatic rings. The number of hydrogen-bond acceptors (Lipinski definition) is 2. The SMILES string of the molecule is CN(CCc1coc2ccccc12)C(=O)CCCl. The van der Waals surface area contributed by atoms with Crippen LogP contribution in [0.15, 0.2) is 34.9 Å². The van der Waals surface area contributed by atoms with E-state index >= 15 is 0 Å². The van der Waals surface area contributed by atoms with E-state index in [1.54, 1.807) is 18.2 Å². The van der Waals surface area contributed by atoms with E-state index < -0.39 is 0 Å². The summed E-state index contributed by atoms with van der Waals surface area (Å²) in [6, 6.07) is 7.92. The summed E-state index contributed by atoms with van der Waals surface area (Å²) in [6.07, 6.45) is 2.95. The summed E-state index contributed by atoms with van der Waals surface area (Å²) < 4.78 is 5.46. The van der Waals surface area contributed by atoms with E-state index in [-0.39, 0.29) is 5.91 Å². The van der Waals surface area contributed by atoms with Gasteiger partial charge in [-0.15, -0.1) is 11.6 Å². The Kier molecular flexibility index (Phi) is 4.26. The maximum absolute atomic E-state index is 11.6. The number of furan rings is 1. The number of amides is 1. The molecule has 0 radical (unpaired) electrons. The first kappa shape index (κ1) is 13.0. The third kappa shape index (κ3) is 2.85. The Bertz CT molecular complexity index is 535. The highest BCUT2D eigenvalue weighted by Gasteiger charge is 2.10. The number of fused-ring (bicyclic) bond motifs is 1. The van der Waals surface area contributed by atoms with Crippen molar-refractivity contribution in [2.75, 3.05) is 19.5 Å². The Hall–Kier alpha value is -1.48. The molecule has 0 atom stereocenters. The van der Waals surface area contributed by atoms with E-state index in [4.69, 9.17) is 16.0 Å². The second-order valence-electron chi connectivity index (χ2n) is 4.26. The molecule has 1 amide bonds. The third-order valence-corrected chi connectivity index (χ3v) is 3.20. The first-order valence-electron chi connectivity index (χ1n) is 5.97. The topological polar surface area (TPSA) is 33.5 Å². The lowest BCUT2D eigenvalue weighted by Crippen LogP contribution is -2.28. The molecule has 0 unspecified atom stereocenters. The molecule has 96 valence electrons. The monoisotopic (exact) mass is 265 g/mol. The van der Waals surface area contributed by atoms with Crippen LogP contribution in [-0.4, -0.2) is 30.3 Å². The van der Waals surface area contributed by atoms with Gasteiger partial charge in [-0.2, -0.15) is 0 Å². The molecule has 0 bridgehead atoms. The van der Waals surface area contributed by atoms with Gasteiger partial charge in [-0.25, -0.2) is 0 Å². The quantitative estimate of drug-likeness (QED) is 0.779. The maximum atomic E-state index is 11.6. The first-order valence-corrected chi connectivity index (χ1v) is 6.51. The number of hydrogen-bond donors (Lipinski definition) is 0. The summed E-state index contributed by atoms with van der Waals surface area (Å²) in [5.41, 5.74) is 2.03. The van der Waals surface area contributed by atoms with Crippen molar-refractivity contribution in [2.45, 2.75) is 12.8 Å². The standard InChI is InChI=1S/C14H16ClNO2/c1-16(14(17)6-8-15)9-7-11-10-18-13-5-3-2-4-12(11)13/h2-5,10H,6-9H2,1H3. The number of benzene rings is 1. The third-order valence-electron chi connectivity index (χ3n) is 3.01. The van der Waals surface area contributed by atoms with Crippen LogP contribution in [0.25, 0.3) is 11.0 Å². The Morgan fingerprint density at radius 2 is 2.17 bits per heavy atom. The van der Waals surface area contributed by atoms with Crippen molar-refractivity contribution in [1.82, 2.24) is 4.90 Å². The van der Waals surface area contributed by atoms with Crippen LogP contribution in [0, 0.1) is 0 Å². The van der Waals surface area contributed by atoms with Crippen molar-refractivity contribution >= 4 is 28.5 Å². The van der Waals surface area contributed by atoms with Crippen LogP contribution in [-0.2, 0) is 11.2 Å². The van der Waals surface area contributed by atoms with Crippen LogP contribution in [0.3, 0.4) is 0 Å². The molecule has 18 heavy (non-hydrogen) atoms. The molecule has 1 aromatic heterocycles. The van der Waals surface area contributed by atoms with Gasteiger partial charge in [-0.1, -0.05) is 18.2 Å². The predicted molar refractivity (Wildman–Crippen MR) is 72.9 cm³/mol. The van der Waals surface area contributed by atoms with E-state index in [0.717, 1.165) is 23.0 Å². The summed E-state index contributed by atoms with van der Waals surface area (Å²) in [6.45, 7) is 0.680. The van der Waals surface area contributed by atoms with Crippen molar-refractivity contribution < 1.29 is 9.21 Å². The number of rotatable bonds is 5. The molecule has 1 heterocycles. The highest BCUT2D eigenvalue weighted by atomic mass is 35.5. The smallest absolute Gasteiger partial charge is 0.223 e. The highest BCUT2D eigenvalue weighted by molar-refractivity contribution is 6.18. The number of carbonyl (C=O) groups excluding carboxylic acids is 1. The molecule has 0 saturated carbocycles. The number of nitrogens with zero attached hydrogens (tertiary/aromatic N) is 1. The summed E-state index contributed by atoms with van der Waals surface area (Å²) in [4.78, 5) is 13.3. The van der Waals surface area contributed by atoms with Crippen LogP contribution in [0.2, 0.25) is 0 Å². The summed E-state index contributed by atoms with van der Waals surface area (Å²) in [7, 11) is 1.80. The second-order valence-corrected chi connectivity index (χ2v) is 4.64. The zero-order valence-corrected chi connectivity index (χ0v) is 11.1. The van der Waals surface area contributed by atoms with Crippen molar-refractivity contribution in [3.63, 3.8) is 0 Å². The molecule has 4 heteroatoms. The summed E-state index contributed by atoms with van der Waals surface area (Å²) in [5, 5.41) is 1.12. The van der Waals surface area contributed by atoms with Crippen LogP contribution in [0.5, 0.6) is 0 Å². The van der Waals surface area contributed by atoms with Crippen LogP contribution < -0.4 is 0 Å².